The summed E-state index contributed by atoms with van der Waals surface area (Å²) in [7, 11) is -3.78. The zero-order valence-corrected chi connectivity index (χ0v) is 12.4. The molecule has 108 valence electrons. The molecule has 0 unspecified atom stereocenters. The number of sulfonamides is 1. The Kier molecular flexibility index (Phi) is 4.77. The van der Waals surface area contributed by atoms with Gasteiger partial charge in [-0.1, -0.05) is 48.0 Å². The van der Waals surface area contributed by atoms with Crippen LogP contribution in [0.4, 0.5) is 0 Å². The molecule has 2 aromatic rings. The third-order valence-electron chi connectivity index (χ3n) is 2.60. The summed E-state index contributed by atoms with van der Waals surface area (Å²) in [5, 5.41) is 12.3. The second-order valence-electron chi connectivity index (χ2n) is 4.08. The highest BCUT2D eigenvalue weighted by Gasteiger charge is 2.09. The zero-order valence-electron chi connectivity index (χ0n) is 10.8. The molecular formula is C15H11ClNO3S-. The van der Waals surface area contributed by atoms with Crippen molar-refractivity contribution in [1.29, 1.82) is 0 Å². The molecule has 0 radical (unpaired) electrons. The van der Waals surface area contributed by atoms with Crippen LogP contribution in [0.2, 0.25) is 5.02 Å². The largest absolute Gasteiger partial charge is 0.872 e. The van der Waals surface area contributed by atoms with Gasteiger partial charge in [0, 0.05) is 11.2 Å². The minimum Gasteiger partial charge on any atom is -0.872 e. The molecule has 0 heterocycles. The standard InChI is InChI=1S/C15H12ClNO3S/c16-13-8-6-12(7-9-13)15(18)10-11-17-21(19,20)14-4-2-1-3-5-14/h1-11,18H/p-1. The van der Waals surface area contributed by atoms with Gasteiger partial charge in [-0.05, 0) is 29.8 Å². The number of nitrogens with zero attached hydrogens (tertiary/aromatic N) is 1. The Morgan fingerprint density at radius 2 is 1.67 bits per heavy atom. The van der Waals surface area contributed by atoms with Gasteiger partial charge in [-0.25, -0.2) is 0 Å². The molecule has 2 aromatic carbocycles. The molecule has 0 aromatic heterocycles. The molecule has 0 aliphatic carbocycles. The van der Waals surface area contributed by atoms with Crippen molar-refractivity contribution in [2.45, 2.75) is 4.90 Å². The van der Waals surface area contributed by atoms with E-state index < -0.39 is 10.0 Å². The fourth-order valence-corrected chi connectivity index (χ4v) is 2.51. The third-order valence-corrected chi connectivity index (χ3v) is 4.11. The molecule has 0 bridgehead atoms. The fraction of sp³-hybridized carbons (Fsp3) is 0. The first-order valence-electron chi connectivity index (χ1n) is 5.98. The molecule has 0 N–H and O–H groups in total. The van der Waals surface area contributed by atoms with Gasteiger partial charge < -0.3 is 5.11 Å². The number of benzene rings is 2. The number of rotatable bonds is 4. The second kappa shape index (κ2) is 6.56. The highest BCUT2D eigenvalue weighted by atomic mass is 35.5. The Labute approximate surface area is 128 Å². The van der Waals surface area contributed by atoms with Gasteiger partial charge in [-0.3, -0.25) is 0 Å². The van der Waals surface area contributed by atoms with Crippen molar-refractivity contribution >= 4 is 33.6 Å². The van der Waals surface area contributed by atoms with Gasteiger partial charge in [0.15, 0.2) is 0 Å². The maximum Gasteiger partial charge on any atom is 0.282 e. The van der Waals surface area contributed by atoms with Gasteiger partial charge in [-0.15, -0.1) is 5.76 Å². The van der Waals surface area contributed by atoms with Crippen LogP contribution >= 0.6 is 11.6 Å². The van der Waals surface area contributed by atoms with Crippen molar-refractivity contribution in [2.24, 2.45) is 4.40 Å². The zero-order chi connectivity index (χ0) is 15.3. The Balaban J connectivity index is 2.18. The second-order valence-corrected chi connectivity index (χ2v) is 6.15. The van der Waals surface area contributed by atoms with E-state index in [1.54, 1.807) is 42.5 Å². The molecule has 0 fully saturated rings. The van der Waals surface area contributed by atoms with E-state index >= 15 is 0 Å². The van der Waals surface area contributed by atoms with Crippen molar-refractivity contribution in [1.82, 2.24) is 0 Å². The lowest BCUT2D eigenvalue weighted by molar-refractivity contribution is -0.243. The Morgan fingerprint density at radius 3 is 2.29 bits per heavy atom. The SMILES string of the molecule is O=S(=O)(N=CC=C([O-])c1ccc(Cl)cc1)c1ccccc1. The van der Waals surface area contributed by atoms with E-state index in [1.807, 2.05) is 0 Å². The smallest absolute Gasteiger partial charge is 0.282 e. The molecule has 0 saturated carbocycles. The summed E-state index contributed by atoms with van der Waals surface area (Å²) in [6, 6.07) is 14.1. The topological polar surface area (TPSA) is 69.6 Å². The lowest BCUT2D eigenvalue weighted by atomic mass is 10.2. The molecule has 0 spiro atoms. The Bertz CT molecular complexity index is 766. The molecule has 0 saturated heterocycles. The minimum absolute atomic E-state index is 0.0774. The van der Waals surface area contributed by atoms with Gasteiger partial charge in [0.25, 0.3) is 10.0 Å². The van der Waals surface area contributed by atoms with E-state index in [0.29, 0.717) is 10.6 Å². The van der Waals surface area contributed by atoms with Crippen LogP contribution in [0.5, 0.6) is 0 Å². The lowest BCUT2D eigenvalue weighted by Gasteiger charge is -2.10. The molecule has 6 heteroatoms. The summed E-state index contributed by atoms with van der Waals surface area (Å²) in [5.41, 5.74) is 0.406. The lowest BCUT2D eigenvalue weighted by Crippen LogP contribution is -2.02. The molecule has 0 aliphatic heterocycles. The summed E-state index contributed by atoms with van der Waals surface area (Å²) in [4.78, 5) is 0.0774. The molecular weight excluding hydrogens is 310 g/mol. The van der Waals surface area contributed by atoms with Gasteiger partial charge in [-0.2, -0.15) is 12.8 Å². The van der Waals surface area contributed by atoms with Crippen molar-refractivity contribution in [3.8, 4) is 0 Å². The van der Waals surface area contributed by atoms with Crippen molar-refractivity contribution in [3.05, 3.63) is 71.3 Å². The molecule has 0 amide bonds. The van der Waals surface area contributed by atoms with Crippen LogP contribution in [-0.4, -0.2) is 14.6 Å². The average molecular weight is 321 g/mol. The van der Waals surface area contributed by atoms with Crippen LogP contribution in [0.15, 0.2) is 70.0 Å². The molecule has 4 nitrogen and oxygen atoms in total. The summed E-state index contributed by atoms with van der Waals surface area (Å²) in [5.74, 6) is -0.348. The predicted octanol–water partition coefficient (Wildman–Crippen LogP) is 2.50. The minimum atomic E-state index is -3.78. The van der Waals surface area contributed by atoms with E-state index in [-0.39, 0.29) is 10.7 Å². The molecule has 21 heavy (non-hydrogen) atoms. The highest BCUT2D eigenvalue weighted by Crippen LogP contribution is 2.14. The number of hydrogen-bond donors (Lipinski definition) is 0. The Hall–Kier alpha value is -2.11. The summed E-state index contributed by atoms with van der Waals surface area (Å²) >= 11 is 5.72. The maximum atomic E-state index is 11.8. The molecule has 0 atom stereocenters. The quantitative estimate of drug-likeness (QED) is 0.642. The van der Waals surface area contributed by atoms with Crippen molar-refractivity contribution in [2.75, 3.05) is 0 Å². The summed E-state index contributed by atoms with van der Waals surface area (Å²) in [6.45, 7) is 0. The van der Waals surface area contributed by atoms with Crippen molar-refractivity contribution in [3.63, 3.8) is 0 Å². The molecule has 2 rings (SSSR count). The molecule has 0 aliphatic rings. The van der Waals surface area contributed by atoms with E-state index in [2.05, 4.69) is 4.40 Å². The van der Waals surface area contributed by atoms with Crippen LogP contribution in [0.3, 0.4) is 0 Å². The van der Waals surface area contributed by atoms with E-state index in [1.165, 1.54) is 12.1 Å². The highest BCUT2D eigenvalue weighted by molar-refractivity contribution is 7.90. The van der Waals surface area contributed by atoms with Crippen LogP contribution in [0.1, 0.15) is 5.56 Å². The van der Waals surface area contributed by atoms with Crippen LogP contribution < -0.4 is 5.11 Å². The average Bonchev–Trinajstić information content (AvgIpc) is 2.48. The maximum absolute atomic E-state index is 11.8. The third kappa shape index (κ3) is 4.18. The van der Waals surface area contributed by atoms with Crippen LogP contribution in [0, 0.1) is 0 Å². The number of halogens is 1. The van der Waals surface area contributed by atoms with Crippen LogP contribution in [-0.2, 0) is 10.0 Å². The predicted molar refractivity (Wildman–Crippen MR) is 81.5 cm³/mol. The van der Waals surface area contributed by atoms with Gasteiger partial charge in [0.05, 0.1) is 4.90 Å². The van der Waals surface area contributed by atoms with Crippen molar-refractivity contribution < 1.29 is 13.5 Å². The first-order chi connectivity index (χ1) is 9.99. The first kappa shape index (κ1) is 15.3. The summed E-state index contributed by atoms with van der Waals surface area (Å²) in [6.07, 6.45) is 2.09. The van der Waals surface area contributed by atoms with Gasteiger partial charge in [0.1, 0.15) is 0 Å². The monoisotopic (exact) mass is 320 g/mol. The summed E-state index contributed by atoms with van der Waals surface area (Å²) < 4.78 is 27.2. The fourth-order valence-electron chi connectivity index (χ4n) is 1.54. The van der Waals surface area contributed by atoms with E-state index in [0.717, 1.165) is 12.3 Å². The van der Waals surface area contributed by atoms with E-state index in [4.69, 9.17) is 11.6 Å². The Morgan fingerprint density at radius 1 is 1.05 bits per heavy atom. The van der Waals surface area contributed by atoms with Gasteiger partial charge in [0.2, 0.25) is 0 Å². The van der Waals surface area contributed by atoms with Crippen LogP contribution in [0.25, 0.3) is 5.76 Å². The van der Waals surface area contributed by atoms with E-state index in [9.17, 15) is 13.5 Å². The normalized spacial score (nSPS) is 12.7. The van der Waals surface area contributed by atoms with Gasteiger partial charge >= 0.3 is 0 Å². The number of hydrogen-bond acceptors (Lipinski definition) is 3. The number of allylic oxidation sites excluding steroid dienone is 1. The first-order valence-corrected chi connectivity index (χ1v) is 7.79.